The molecule has 1 aromatic carbocycles. The van der Waals surface area contributed by atoms with Gasteiger partial charge in [0.15, 0.2) is 6.10 Å². The lowest BCUT2D eigenvalue weighted by Gasteiger charge is -2.07. The molecule has 0 aliphatic carbocycles. The third-order valence-electron chi connectivity index (χ3n) is 2.41. The number of halogens is 1. The van der Waals surface area contributed by atoms with Crippen molar-refractivity contribution < 1.29 is 19.8 Å². The lowest BCUT2D eigenvalue weighted by atomic mass is 10.3. The second-order valence-electron chi connectivity index (χ2n) is 4.06. The van der Waals surface area contributed by atoms with Gasteiger partial charge in [0.05, 0.1) is 6.54 Å². The summed E-state index contributed by atoms with van der Waals surface area (Å²) in [6.45, 7) is -0.265. The summed E-state index contributed by atoms with van der Waals surface area (Å²) < 4.78 is 0. The van der Waals surface area contributed by atoms with Crippen LogP contribution < -0.4 is 5.32 Å². The molecule has 20 heavy (non-hydrogen) atoms. The minimum Gasteiger partial charge on any atom is -0.479 e. The Morgan fingerprint density at radius 3 is 2.55 bits per heavy atom. The summed E-state index contributed by atoms with van der Waals surface area (Å²) in [5.74, 6) is -0.832. The van der Waals surface area contributed by atoms with Crippen LogP contribution in [0.1, 0.15) is 12.8 Å². The van der Waals surface area contributed by atoms with Crippen LogP contribution in [0.4, 0.5) is 0 Å². The SMILES string of the molecule is O=C(CCCSc1ccc(Cl)cc1)NCC(O)C(=O)O. The van der Waals surface area contributed by atoms with E-state index in [0.29, 0.717) is 17.9 Å². The molecule has 0 bridgehead atoms. The first kappa shape index (κ1) is 16.8. The van der Waals surface area contributed by atoms with Crippen LogP contribution in [0.5, 0.6) is 0 Å². The summed E-state index contributed by atoms with van der Waals surface area (Å²) in [6.07, 6.45) is -0.586. The highest BCUT2D eigenvalue weighted by molar-refractivity contribution is 7.99. The van der Waals surface area contributed by atoms with Crippen LogP contribution in [0.25, 0.3) is 0 Å². The quantitative estimate of drug-likeness (QED) is 0.502. The number of nitrogens with one attached hydrogen (secondary N) is 1. The van der Waals surface area contributed by atoms with E-state index in [1.54, 1.807) is 11.8 Å². The second kappa shape index (κ2) is 8.84. The van der Waals surface area contributed by atoms with E-state index in [-0.39, 0.29) is 12.5 Å². The molecule has 1 atom stereocenters. The fourth-order valence-electron chi connectivity index (χ4n) is 1.34. The van der Waals surface area contributed by atoms with E-state index < -0.39 is 12.1 Å². The zero-order valence-corrected chi connectivity index (χ0v) is 12.3. The lowest BCUT2D eigenvalue weighted by Crippen LogP contribution is -2.36. The van der Waals surface area contributed by atoms with Crippen molar-refractivity contribution in [3.63, 3.8) is 0 Å². The van der Waals surface area contributed by atoms with Crippen molar-refractivity contribution >= 4 is 35.2 Å². The van der Waals surface area contributed by atoms with Crippen molar-refractivity contribution in [1.82, 2.24) is 5.32 Å². The van der Waals surface area contributed by atoms with Gasteiger partial charge in [-0.05, 0) is 36.4 Å². The summed E-state index contributed by atoms with van der Waals surface area (Å²) in [5, 5.41) is 20.5. The van der Waals surface area contributed by atoms with Gasteiger partial charge in [0.25, 0.3) is 0 Å². The molecule has 1 unspecified atom stereocenters. The van der Waals surface area contributed by atoms with Gasteiger partial charge in [-0.15, -0.1) is 11.8 Å². The number of rotatable bonds is 8. The Morgan fingerprint density at radius 1 is 1.30 bits per heavy atom. The highest BCUT2D eigenvalue weighted by Gasteiger charge is 2.13. The van der Waals surface area contributed by atoms with Crippen molar-refractivity contribution in [3.8, 4) is 0 Å². The smallest absolute Gasteiger partial charge is 0.334 e. The van der Waals surface area contributed by atoms with Crippen molar-refractivity contribution in [2.45, 2.75) is 23.8 Å². The van der Waals surface area contributed by atoms with Crippen molar-refractivity contribution in [2.75, 3.05) is 12.3 Å². The van der Waals surface area contributed by atoms with Gasteiger partial charge in [-0.3, -0.25) is 4.79 Å². The van der Waals surface area contributed by atoms with E-state index in [1.807, 2.05) is 24.3 Å². The molecule has 0 saturated carbocycles. The maximum absolute atomic E-state index is 11.4. The zero-order valence-electron chi connectivity index (χ0n) is 10.7. The number of thioether (sulfide) groups is 1. The van der Waals surface area contributed by atoms with E-state index in [2.05, 4.69) is 5.32 Å². The molecule has 0 aliphatic heterocycles. The van der Waals surface area contributed by atoms with Crippen LogP contribution in [0.2, 0.25) is 5.02 Å². The monoisotopic (exact) mass is 317 g/mol. The van der Waals surface area contributed by atoms with Gasteiger partial charge < -0.3 is 15.5 Å². The maximum Gasteiger partial charge on any atom is 0.334 e. The van der Waals surface area contributed by atoms with Crippen LogP contribution in [0.15, 0.2) is 29.2 Å². The maximum atomic E-state index is 11.4. The van der Waals surface area contributed by atoms with Crippen molar-refractivity contribution in [3.05, 3.63) is 29.3 Å². The topological polar surface area (TPSA) is 86.6 Å². The molecular weight excluding hydrogens is 302 g/mol. The number of carboxylic acids is 1. The van der Waals surface area contributed by atoms with Gasteiger partial charge in [0, 0.05) is 16.3 Å². The summed E-state index contributed by atoms with van der Waals surface area (Å²) in [5.41, 5.74) is 0. The van der Waals surface area contributed by atoms with E-state index in [1.165, 1.54) is 0 Å². The number of hydrogen-bond acceptors (Lipinski definition) is 4. The molecule has 0 aromatic heterocycles. The molecule has 0 fully saturated rings. The van der Waals surface area contributed by atoms with Crippen LogP contribution >= 0.6 is 23.4 Å². The molecule has 0 aliphatic rings. The van der Waals surface area contributed by atoms with Crippen molar-refractivity contribution in [2.24, 2.45) is 0 Å². The number of aliphatic carboxylic acids is 1. The zero-order chi connectivity index (χ0) is 15.0. The van der Waals surface area contributed by atoms with Crippen LogP contribution in [0, 0.1) is 0 Å². The first-order chi connectivity index (χ1) is 9.49. The first-order valence-electron chi connectivity index (χ1n) is 6.05. The Bertz CT molecular complexity index is 452. The summed E-state index contributed by atoms with van der Waals surface area (Å²) in [7, 11) is 0. The predicted molar refractivity (Wildman–Crippen MR) is 78.1 cm³/mol. The Kier molecular flexibility index (Phi) is 7.43. The van der Waals surface area contributed by atoms with E-state index in [9.17, 15) is 9.59 Å². The second-order valence-corrected chi connectivity index (χ2v) is 5.67. The molecule has 3 N–H and O–H groups in total. The van der Waals surface area contributed by atoms with Gasteiger partial charge in [-0.25, -0.2) is 4.79 Å². The number of amides is 1. The Labute approximate surface area is 126 Å². The van der Waals surface area contributed by atoms with Gasteiger partial charge in [-0.1, -0.05) is 11.6 Å². The molecule has 0 radical (unpaired) electrons. The molecule has 110 valence electrons. The Hall–Kier alpha value is -1.24. The number of hydrogen-bond donors (Lipinski definition) is 3. The van der Waals surface area contributed by atoms with E-state index >= 15 is 0 Å². The third kappa shape index (κ3) is 6.79. The predicted octanol–water partition coefficient (Wildman–Crippen LogP) is 1.77. The third-order valence-corrected chi connectivity index (χ3v) is 3.76. The number of aliphatic hydroxyl groups excluding tert-OH is 1. The number of carbonyl (C=O) groups is 2. The number of carbonyl (C=O) groups excluding carboxylic acids is 1. The average molecular weight is 318 g/mol. The molecule has 0 spiro atoms. The fourth-order valence-corrected chi connectivity index (χ4v) is 2.32. The van der Waals surface area contributed by atoms with Gasteiger partial charge >= 0.3 is 5.97 Å². The largest absolute Gasteiger partial charge is 0.479 e. The normalized spacial score (nSPS) is 11.9. The molecule has 5 nitrogen and oxygen atoms in total. The van der Waals surface area contributed by atoms with E-state index in [4.69, 9.17) is 21.8 Å². The number of aliphatic hydroxyl groups is 1. The van der Waals surface area contributed by atoms with Crippen LogP contribution in [-0.2, 0) is 9.59 Å². The Balaban J connectivity index is 2.13. The highest BCUT2D eigenvalue weighted by atomic mass is 35.5. The number of benzene rings is 1. The van der Waals surface area contributed by atoms with Gasteiger partial charge in [0.2, 0.25) is 5.91 Å². The molecule has 1 rings (SSSR count). The minimum absolute atomic E-state index is 0.262. The number of carboxylic acid groups (broad SMARTS) is 1. The summed E-state index contributed by atoms with van der Waals surface area (Å²) >= 11 is 7.39. The molecule has 7 heteroatoms. The van der Waals surface area contributed by atoms with Gasteiger partial charge in [-0.2, -0.15) is 0 Å². The standard InChI is InChI=1S/C13H16ClNO4S/c14-9-3-5-10(6-4-9)20-7-1-2-12(17)15-8-11(16)13(18)19/h3-6,11,16H,1-2,7-8H2,(H,15,17)(H,18,19). The minimum atomic E-state index is -1.55. The highest BCUT2D eigenvalue weighted by Crippen LogP contribution is 2.21. The lowest BCUT2D eigenvalue weighted by molar-refractivity contribution is -0.146. The molecular formula is C13H16ClNO4S. The van der Waals surface area contributed by atoms with E-state index in [0.717, 1.165) is 10.6 Å². The van der Waals surface area contributed by atoms with Crippen LogP contribution in [0.3, 0.4) is 0 Å². The molecule has 1 amide bonds. The van der Waals surface area contributed by atoms with Crippen molar-refractivity contribution in [1.29, 1.82) is 0 Å². The molecule has 0 heterocycles. The molecule has 0 saturated heterocycles. The summed E-state index contributed by atoms with van der Waals surface area (Å²) in [4.78, 5) is 22.8. The molecule has 1 aromatic rings. The summed E-state index contributed by atoms with van der Waals surface area (Å²) in [6, 6.07) is 7.44. The Morgan fingerprint density at radius 2 is 1.95 bits per heavy atom. The van der Waals surface area contributed by atoms with Crippen LogP contribution in [-0.4, -0.2) is 40.5 Å². The van der Waals surface area contributed by atoms with Gasteiger partial charge in [0.1, 0.15) is 0 Å². The first-order valence-corrected chi connectivity index (χ1v) is 7.41. The average Bonchev–Trinajstić information content (AvgIpc) is 2.42. The fraction of sp³-hybridized carbons (Fsp3) is 0.385.